The molecule has 2 rings (SSSR count). The van der Waals surface area contributed by atoms with Gasteiger partial charge in [0, 0.05) is 25.9 Å². The minimum atomic E-state index is 0.429. The van der Waals surface area contributed by atoms with Crippen LogP contribution in [0.15, 0.2) is 0 Å². The molecule has 0 radical (unpaired) electrons. The minimum absolute atomic E-state index is 0.429. The predicted octanol–water partition coefficient (Wildman–Crippen LogP) is 2.87. The molecule has 106 valence electrons. The molecule has 0 aromatic rings. The lowest BCUT2D eigenvalue weighted by atomic mass is 9.93. The average Bonchev–Trinajstić information content (AvgIpc) is 2.42. The minimum Gasteiger partial charge on any atom is -0.381 e. The van der Waals surface area contributed by atoms with Gasteiger partial charge in [0.05, 0.1) is 6.10 Å². The molecule has 0 aromatic carbocycles. The van der Waals surface area contributed by atoms with Gasteiger partial charge in [0.15, 0.2) is 0 Å². The fraction of sp³-hybridized carbons (Fsp3) is 1.00. The maximum Gasteiger partial charge on any atom is 0.0576 e. The van der Waals surface area contributed by atoms with Crippen molar-refractivity contribution in [3.63, 3.8) is 0 Å². The molecule has 18 heavy (non-hydrogen) atoms. The van der Waals surface area contributed by atoms with Crippen molar-refractivity contribution >= 4 is 0 Å². The first-order valence-electron chi connectivity index (χ1n) is 7.79. The topological polar surface area (TPSA) is 44.5 Å². The molecule has 2 aliphatic rings. The second-order valence-corrected chi connectivity index (χ2v) is 5.96. The van der Waals surface area contributed by atoms with Gasteiger partial charge in [-0.2, -0.15) is 0 Å². The third-order valence-electron chi connectivity index (χ3n) is 4.42. The van der Waals surface area contributed by atoms with E-state index < -0.39 is 0 Å². The van der Waals surface area contributed by atoms with Crippen molar-refractivity contribution in [1.82, 2.24) is 0 Å². The van der Waals surface area contributed by atoms with E-state index in [9.17, 15) is 0 Å². The number of ether oxygens (including phenoxy) is 2. The second-order valence-electron chi connectivity index (χ2n) is 5.96. The Kier molecular flexibility index (Phi) is 6.46. The Morgan fingerprint density at radius 3 is 2.39 bits per heavy atom. The number of hydrogen-bond donors (Lipinski definition) is 1. The number of unbranched alkanes of at least 4 members (excludes halogenated alkanes) is 1. The first-order chi connectivity index (χ1) is 8.84. The number of rotatable bonds is 6. The van der Waals surface area contributed by atoms with E-state index in [0.717, 1.165) is 38.6 Å². The summed E-state index contributed by atoms with van der Waals surface area (Å²) in [5.41, 5.74) is 5.89. The molecule has 0 spiro atoms. The van der Waals surface area contributed by atoms with Gasteiger partial charge in [-0.05, 0) is 50.9 Å². The predicted molar refractivity (Wildman–Crippen MR) is 73.6 cm³/mol. The van der Waals surface area contributed by atoms with E-state index in [1.165, 1.54) is 44.9 Å². The van der Waals surface area contributed by atoms with Crippen LogP contribution in [0.4, 0.5) is 0 Å². The highest BCUT2D eigenvalue weighted by Crippen LogP contribution is 2.22. The molecule has 1 heterocycles. The molecule has 0 aromatic heterocycles. The fourth-order valence-electron chi connectivity index (χ4n) is 3.08. The Balaban J connectivity index is 1.43. The summed E-state index contributed by atoms with van der Waals surface area (Å²) in [7, 11) is 0. The molecular weight excluding hydrogens is 226 g/mol. The maximum atomic E-state index is 5.94. The highest BCUT2D eigenvalue weighted by atomic mass is 16.5. The third kappa shape index (κ3) is 5.25. The monoisotopic (exact) mass is 255 g/mol. The lowest BCUT2D eigenvalue weighted by molar-refractivity contribution is 0.0213. The van der Waals surface area contributed by atoms with Crippen LogP contribution in [0.5, 0.6) is 0 Å². The number of hydrogen-bond acceptors (Lipinski definition) is 3. The lowest BCUT2D eigenvalue weighted by Crippen LogP contribution is -2.30. The molecule has 3 heteroatoms. The molecule has 1 saturated heterocycles. The van der Waals surface area contributed by atoms with Gasteiger partial charge >= 0.3 is 0 Å². The van der Waals surface area contributed by atoms with Crippen LogP contribution >= 0.6 is 0 Å². The van der Waals surface area contributed by atoms with E-state index >= 15 is 0 Å². The zero-order valence-corrected chi connectivity index (χ0v) is 11.6. The second kappa shape index (κ2) is 8.13. The first-order valence-corrected chi connectivity index (χ1v) is 7.79. The van der Waals surface area contributed by atoms with E-state index in [1.54, 1.807) is 0 Å². The lowest BCUT2D eigenvalue weighted by Gasteiger charge is -2.26. The zero-order valence-electron chi connectivity index (χ0n) is 11.6. The van der Waals surface area contributed by atoms with Crippen LogP contribution in [0, 0.1) is 5.92 Å². The van der Waals surface area contributed by atoms with Gasteiger partial charge in [-0.15, -0.1) is 0 Å². The summed E-state index contributed by atoms with van der Waals surface area (Å²) in [5, 5.41) is 0. The number of nitrogens with two attached hydrogens (primary N) is 1. The van der Waals surface area contributed by atoms with Crippen molar-refractivity contribution in [1.29, 1.82) is 0 Å². The van der Waals surface area contributed by atoms with Crippen LogP contribution in [-0.4, -0.2) is 32.0 Å². The first kappa shape index (κ1) is 14.3. The molecule has 1 saturated carbocycles. The standard InChI is InChI=1S/C15H29NO2/c16-14-4-6-15(7-5-14)18-10-2-1-3-13-8-11-17-12-9-13/h13-15H,1-12,16H2. The van der Waals surface area contributed by atoms with Crippen LogP contribution < -0.4 is 5.73 Å². The summed E-state index contributed by atoms with van der Waals surface area (Å²) in [6.45, 7) is 2.90. The Morgan fingerprint density at radius 1 is 0.944 bits per heavy atom. The summed E-state index contributed by atoms with van der Waals surface area (Å²) in [6.07, 6.45) is 11.6. The Labute approximate surface area is 111 Å². The molecule has 2 N–H and O–H groups in total. The summed E-state index contributed by atoms with van der Waals surface area (Å²) in [6, 6.07) is 0.429. The van der Waals surface area contributed by atoms with Gasteiger partial charge in [0.1, 0.15) is 0 Å². The summed E-state index contributed by atoms with van der Waals surface area (Å²) < 4.78 is 11.3. The van der Waals surface area contributed by atoms with Crippen molar-refractivity contribution in [3.8, 4) is 0 Å². The summed E-state index contributed by atoms with van der Waals surface area (Å²) >= 11 is 0. The molecule has 0 amide bonds. The van der Waals surface area contributed by atoms with E-state index in [0.29, 0.717) is 12.1 Å². The van der Waals surface area contributed by atoms with Crippen molar-refractivity contribution in [3.05, 3.63) is 0 Å². The molecule has 0 bridgehead atoms. The summed E-state index contributed by atoms with van der Waals surface area (Å²) in [5.74, 6) is 0.909. The Bertz CT molecular complexity index is 209. The molecule has 1 aliphatic carbocycles. The van der Waals surface area contributed by atoms with Crippen molar-refractivity contribution in [2.45, 2.75) is 69.9 Å². The van der Waals surface area contributed by atoms with E-state index in [2.05, 4.69) is 0 Å². The quantitative estimate of drug-likeness (QED) is 0.742. The molecular formula is C15H29NO2. The Hall–Kier alpha value is -0.120. The maximum absolute atomic E-state index is 5.94. The van der Waals surface area contributed by atoms with E-state index in [1.807, 2.05) is 0 Å². The van der Waals surface area contributed by atoms with E-state index in [4.69, 9.17) is 15.2 Å². The average molecular weight is 255 g/mol. The molecule has 0 atom stereocenters. The third-order valence-corrected chi connectivity index (χ3v) is 4.42. The van der Waals surface area contributed by atoms with Gasteiger partial charge in [0.2, 0.25) is 0 Å². The van der Waals surface area contributed by atoms with Crippen LogP contribution in [0.3, 0.4) is 0 Å². The van der Waals surface area contributed by atoms with Gasteiger partial charge in [-0.1, -0.05) is 12.8 Å². The highest BCUT2D eigenvalue weighted by Gasteiger charge is 2.18. The SMILES string of the molecule is NC1CCC(OCCCCC2CCOCC2)CC1. The zero-order chi connectivity index (χ0) is 12.6. The largest absolute Gasteiger partial charge is 0.381 e. The normalized spacial score (nSPS) is 30.5. The fourth-order valence-corrected chi connectivity index (χ4v) is 3.08. The Morgan fingerprint density at radius 2 is 1.67 bits per heavy atom. The molecule has 3 nitrogen and oxygen atoms in total. The summed E-state index contributed by atoms with van der Waals surface area (Å²) in [4.78, 5) is 0. The van der Waals surface area contributed by atoms with Crippen molar-refractivity contribution in [2.75, 3.05) is 19.8 Å². The van der Waals surface area contributed by atoms with Crippen LogP contribution in [0.1, 0.15) is 57.8 Å². The smallest absolute Gasteiger partial charge is 0.0576 e. The van der Waals surface area contributed by atoms with E-state index in [-0.39, 0.29) is 0 Å². The molecule has 1 aliphatic heterocycles. The van der Waals surface area contributed by atoms with Gasteiger partial charge in [-0.25, -0.2) is 0 Å². The molecule has 0 unspecified atom stereocenters. The molecule has 2 fully saturated rings. The van der Waals surface area contributed by atoms with Crippen LogP contribution in [-0.2, 0) is 9.47 Å². The highest BCUT2D eigenvalue weighted by molar-refractivity contribution is 4.74. The van der Waals surface area contributed by atoms with Gasteiger partial charge in [0.25, 0.3) is 0 Å². The van der Waals surface area contributed by atoms with Crippen LogP contribution in [0.2, 0.25) is 0 Å². The van der Waals surface area contributed by atoms with Gasteiger partial charge in [-0.3, -0.25) is 0 Å². The van der Waals surface area contributed by atoms with Crippen molar-refractivity contribution in [2.24, 2.45) is 11.7 Å². The van der Waals surface area contributed by atoms with Gasteiger partial charge < -0.3 is 15.2 Å². The van der Waals surface area contributed by atoms with Crippen LogP contribution in [0.25, 0.3) is 0 Å². The van der Waals surface area contributed by atoms with Crippen molar-refractivity contribution < 1.29 is 9.47 Å².